The molecule has 1 N–H and O–H groups in total. The topological polar surface area (TPSA) is 29.1 Å². The fourth-order valence-electron chi connectivity index (χ4n) is 2.27. The van der Waals surface area contributed by atoms with Crippen molar-refractivity contribution in [3.63, 3.8) is 0 Å². The van der Waals surface area contributed by atoms with Crippen LogP contribution in [0.3, 0.4) is 0 Å². The summed E-state index contributed by atoms with van der Waals surface area (Å²) < 4.78 is 0. The van der Waals surface area contributed by atoms with E-state index in [0.29, 0.717) is 6.04 Å². The van der Waals surface area contributed by atoms with E-state index < -0.39 is 0 Å². The van der Waals surface area contributed by atoms with Gasteiger partial charge in [-0.3, -0.25) is 5.32 Å². The van der Waals surface area contributed by atoms with Gasteiger partial charge in [-0.05, 0) is 17.5 Å². The van der Waals surface area contributed by atoms with E-state index in [4.69, 9.17) is 0 Å². The zero-order chi connectivity index (χ0) is 10.7. The number of unbranched alkanes of at least 4 members (excludes halogenated alkanes) is 1. The highest BCUT2D eigenvalue weighted by molar-refractivity contribution is 5.65. The lowest BCUT2D eigenvalue weighted by atomic mass is 9.99. The maximum Gasteiger partial charge on any atom is 0.141 e. The van der Waals surface area contributed by atoms with Crippen molar-refractivity contribution in [3.05, 3.63) is 35.4 Å². The Bertz CT molecular complexity index is 348. The van der Waals surface area contributed by atoms with Crippen molar-refractivity contribution in [2.24, 2.45) is 0 Å². The Labute approximate surface area is 90.7 Å². The second kappa shape index (κ2) is 4.58. The summed E-state index contributed by atoms with van der Waals surface area (Å²) in [5, 5.41) is 3.37. The highest BCUT2D eigenvalue weighted by Crippen LogP contribution is 2.34. The third-order valence-corrected chi connectivity index (χ3v) is 3.07. The first kappa shape index (κ1) is 10.4. The molecule has 1 aromatic carbocycles. The van der Waals surface area contributed by atoms with E-state index >= 15 is 0 Å². The molecule has 2 rings (SSSR count). The van der Waals surface area contributed by atoms with Gasteiger partial charge in [0, 0.05) is 6.04 Å². The summed E-state index contributed by atoms with van der Waals surface area (Å²) in [4.78, 5) is 10.9. The van der Waals surface area contributed by atoms with Gasteiger partial charge in [-0.25, -0.2) is 0 Å². The summed E-state index contributed by atoms with van der Waals surface area (Å²) in [7, 11) is 0. The molecule has 2 heteroatoms. The molecule has 0 amide bonds. The molecule has 0 bridgehead atoms. The summed E-state index contributed by atoms with van der Waals surface area (Å²) >= 11 is 0. The van der Waals surface area contributed by atoms with Gasteiger partial charge in [0.2, 0.25) is 0 Å². The number of nitrogens with one attached hydrogen (secondary N) is 1. The second-order valence-electron chi connectivity index (χ2n) is 4.10. The lowest BCUT2D eigenvalue weighted by Crippen LogP contribution is -2.18. The average Bonchev–Trinajstić information content (AvgIpc) is 2.65. The minimum Gasteiger partial charge on any atom is -0.301 e. The summed E-state index contributed by atoms with van der Waals surface area (Å²) in [6.45, 7) is 2.19. The number of benzene rings is 1. The molecule has 1 aromatic rings. The van der Waals surface area contributed by atoms with Crippen molar-refractivity contribution in [2.75, 3.05) is 0 Å². The Hall–Kier alpha value is -1.15. The molecular weight excluding hydrogens is 186 g/mol. The van der Waals surface area contributed by atoms with Gasteiger partial charge in [0.05, 0.1) is 6.04 Å². The lowest BCUT2D eigenvalue weighted by Gasteiger charge is -2.11. The van der Waals surface area contributed by atoms with Crippen LogP contribution in [0.25, 0.3) is 0 Å². The van der Waals surface area contributed by atoms with E-state index in [0.717, 1.165) is 18.3 Å². The van der Waals surface area contributed by atoms with Gasteiger partial charge in [0.25, 0.3) is 0 Å². The smallest absolute Gasteiger partial charge is 0.141 e. The fourth-order valence-corrected chi connectivity index (χ4v) is 2.27. The minimum atomic E-state index is -0.0944. The van der Waals surface area contributed by atoms with Crippen molar-refractivity contribution in [2.45, 2.75) is 38.3 Å². The number of carbonyl (C=O) groups is 1. The monoisotopic (exact) mass is 203 g/mol. The molecule has 1 aliphatic heterocycles. The molecular formula is C13H17NO. The molecule has 2 nitrogen and oxygen atoms in total. The molecule has 1 aliphatic rings. The zero-order valence-electron chi connectivity index (χ0n) is 9.07. The Kier molecular flexibility index (Phi) is 3.17. The molecule has 0 aromatic heterocycles. The van der Waals surface area contributed by atoms with Crippen LogP contribution in [-0.2, 0) is 4.79 Å². The standard InChI is InChI=1S/C13H17NO/c1-2-3-8-12-10-6-4-5-7-11(10)13(9-15)14-12/h4-7,9,12-14H,2-3,8H2,1H3. The molecule has 2 atom stereocenters. The van der Waals surface area contributed by atoms with Gasteiger partial charge in [0.15, 0.2) is 0 Å². The van der Waals surface area contributed by atoms with E-state index in [2.05, 4.69) is 18.3 Å². The maximum atomic E-state index is 10.9. The normalized spacial score (nSPS) is 23.8. The third kappa shape index (κ3) is 1.95. The fraction of sp³-hybridized carbons (Fsp3) is 0.462. The summed E-state index contributed by atoms with van der Waals surface area (Å²) in [5.74, 6) is 0. The van der Waals surface area contributed by atoms with E-state index in [-0.39, 0.29) is 6.04 Å². The molecule has 0 saturated carbocycles. The largest absolute Gasteiger partial charge is 0.301 e. The second-order valence-corrected chi connectivity index (χ2v) is 4.10. The van der Waals surface area contributed by atoms with Crippen LogP contribution in [0.5, 0.6) is 0 Å². The van der Waals surface area contributed by atoms with Crippen LogP contribution < -0.4 is 5.32 Å². The number of hydrogen-bond acceptors (Lipinski definition) is 2. The predicted molar refractivity (Wildman–Crippen MR) is 60.6 cm³/mol. The van der Waals surface area contributed by atoms with Crippen LogP contribution in [0, 0.1) is 0 Å². The first-order valence-corrected chi connectivity index (χ1v) is 5.67. The molecule has 0 spiro atoms. The molecule has 0 fully saturated rings. The van der Waals surface area contributed by atoms with E-state index in [1.54, 1.807) is 0 Å². The number of fused-ring (bicyclic) bond motifs is 1. The highest BCUT2D eigenvalue weighted by Gasteiger charge is 2.28. The first-order chi connectivity index (χ1) is 7.36. The summed E-state index contributed by atoms with van der Waals surface area (Å²) in [5.41, 5.74) is 2.47. The van der Waals surface area contributed by atoms with Crippen LogP contribution in [0.1, 0.15) is 49.4 Å². The third-order valence-electron chi connectivity index (χ3n) is 3.07. The summed E-state index contributed by atoms with van der Waals surface area (Å²) in [6.07, 6.45) is 4.53. The van der Waals surface area contributed by atoms with Crippen molar-refractivity contribution < 1.29 is 4.79 Å². The van der Waals surface area contributed by atoms with Gasteiger partial charge in [0.1, 0.15) is 6.29 Å². The Balaban J connectivity index is 2.21. The van der Waals surface area contributed by atoms with E-state index in [1.165, 1.54) is 18.4 Å². The number of rotatable bonds is 4. The van der Waals surface area contributed by atoms with Crippen molar-refractivity contribution in [3.8, 4) is 0 Å². The SMILES string of the molecule is CCCCC1NC(C=O)c2ccccc21. The molecule has 2 unspecified atom stereocenters. The van der Waals surface area contributed by atoms with E-state index in [9.17, 15) is 4.79 Å². The van der Waals surface area contributed by atoms with Crippen LogP contribution in [0.15, 0.2) is 24.3 Å². The molecule has 0 aliphatic carbocycles. The predicted octanol–water partition coefficient (Wildman–Crippen LogP) is 2.76. The van der Waals surface area contributed by atoms with Crippen molar-refractivity contribution >= 4 is 6.29 Å². The van der Waals surface area contributed by atoms with E-state index in [1.807, 2.05) is 18.2 Å². The molecule has 80 valence electrons. The minimum absolute atomic E-state index is 0.0944. The Morgan fingerprint density at radius 2 is 2.07 bits per heavy atom. The van der Waals surface area contributed by atoms with Crippen LogP contribution in [-0.4, -0.2) is 6.29 Å². The van der Waals surface area contributed by atoms with Crippen LogP contribution in [0.2, 0.25) is 0 Å². The molecule has 15 heavy (non-hydrogen) atoms. The quantitative estimate of drug-likeness (QED) is 0.762. The number of aldehydes is 1. The summed E-state index contributed by atoms with van der Waals surface area (Å²) in [6, 6.07) is 8.50. The van der Waals surface area contributed by atoms with Crippen molar-refractivity contribution in [1.82, 2.24) is 5.32 Å². The molecule has 1 heterocycles. The molecule has 0 radical (unpaired) electrons. The molecule has 0 saturated heterocycles. The number of carbonyl (C=O) groups excluding carboxylic acids is 1. The highest BCUT2D eigenvalue weighted by atomic mass is 16.1. The van der Waals surface area contributed by atoms with Crippen LogP contribution >= 0.6 is 0 Å². The number of hydrogen-bond donors (Lipinski definition) is 1. The van der Waals surface area contributed by atoms with Gasteiger partial charge in [-0.15, -0.1) is 0 Å². The van der Waals surface area contributed by atoms with Gasteiger partial charge < -0.3 is 4.79 Å². The Morgan fingerprint density at radius 3 is 2.73 bits per heavy atom. The average molecular weight is 203 g/mol. The van der Waals surface area contributed by atoms with Crippen LogP contribution in [0.4, 0.5) is 0 Å². The Morgan fingerprint density at radius 1 is 1.33 bits per heavy atom. The first-order valence-electron chi connectivity index (χ1n) is 5.67. The van der Waals surface area contributed by atoms with Gasteiger partial charge in [-0.1, -0.05) is 44.0 Å². The van der Waals surface area contributed by atoms with Gasteiger partial charge in [-0.2, -0.15) is 0 Å². The maximum absolute atomic E-state index is 10.9. The van der Waals surface area contributed by atoms with Gasteiger partial charge >= 0.3 is 0 Å². The van der Waals surface area contributed by atoms with Crippen molar-refractivity contribution in [1.29, 1.82) is 0 Å². The zero-order valence-corrected chi connectivity index (χ0v) is 9.07. The lowest BCUT2D eigenvalue weighted by molar-refractivity contribution is -0.109.